The van der Waals surface area contributed by atoms with Gasteiger partial charge in [-0.3, -0.25) is 9.69 Å². The fraction of sp³-hybridized carbons (Fsp3) is 0.938. The van der Waals surface area contributed by atoms with E-state index in [0.29, 0.717) is 12.0 Å². The maximum atomic E-state index is 12.0. The second-order valence-electron chi connectivity index (χ2n) is 5.85. The monoisotopic (exact) mass is 284 g/mol. The molecule has 0 aromatic carbocycles. The molecule has 1 heterocycles. The molecule has 2 unspecified atom stereocenters. The van der Waals surface area contributed by atoms with Crippen molar-refractivity contribution in [1.29, 1.82) is 0 Å². The van der Waals surface area contributed by atoms with Crippen LogP contribution in [0.4, 0.5) is 0 Å². The second kappa shape index (κ2) is 9.35. The molecule has 4 heteroatoms. The van der Waals surface area contributed by atoms with E-state index in [4.69, 9.17) is 4.74 Å². The SMILES string of the molecule is CCC(C)C(=O)NCC(C(CC)CC)N1CCOCC1. The molecule has 118 valence electrons. The minimum atomic E-state index is 0.113. The molecule has 0 aromatic heterocycles. The third-order valence-corrected chi connectivity index (χ3v) is 4.65. The number of hydrogen-bond acceptors (Lipinski definition) is 3. The lowest BCUT2D eigenvalue weighted by atomic mass is 9.92. The third kappa shape index (κ3) is 5.06. The van der Waals surface area contributed by atoms with Gasteiger partial charge in [0, 0.05) is 31.6 Å². The second-order valence-corrected chi connectivity index (χ2v) is 5.85. The minimum Gasteiger partial charge on any atom is -0.379 e. The highest BCUT2D eigenvalue weighted by atomic mass is 16.5. The van der Waals surface area contributed by atoms with Crippen molar-refractivity contribution in [3.63, 3.8) is 0 Å². The summed E-state index contributed by atoms with van der Waals surface area (Å²) in [5.74, 6) is 0.948. The number of nitrogens with one attached hydrogen (secondary N) is 1. The third-order valence-electron chi connectivity index (χ3n) is 4.65. The van der Waals surface area contributed by atoms with Crippen molar-refractivity contribution < 1.29 is 9.53 Å². The van der Waals surface area contributed by atoms with Gasteiger partial charge < -0.3 is 10.1 Å². The average Bonchev–Trinajstić information content (AvgIpc) is 2.51. The van der Waals surface area contributed by atoms with Crippen LogP contribution in [-0.2, 0) is 9.53 Å². The number of carbonyl (C=O) groups excluding carboxylic acids is 1. The fourth-order valence-electron chi connectivity index (χ4n) is 2.90. The van der Waals surface area contributed by atoms with Gasteiger partial charge in [0.2, 0.25) is 5.91 Å². The summed E-state index contributed by atoms with van der Waals surface area (Å²) >= 11 is 0. The van der Waals surface area contributed by atoms with Crippen LogP contribution in [-0.4, -0.2) is 49.7 Å². The van der Waals surface area contributed by atoms with Crippen molar-refractivity contribution in [1.82, 2.24) is 10.2 Å². The smallest absolute Gasteiger partial charge is 0.222 e. The van der Waals surface area contributed by atoms with Gasteiger partial charge in [0.25, 0.3) is 0 Å². The molecule has 0 spiro atoms. The Morgan fingerprint density at radius 1 is 1.15 bits per heavy atom. The number of nitrogens with zero attached hydrogens (tertiary/aromatic N) is 1. The predicted octanol–water partition coefficient (Wildman–Crippen LogP) is 2.29. The molecule has 0 aromatic rings. The van der Waals surface area contributed by atoms with Gasteiger partial charge in [-0.15, -0.1) is 0 Å². The van der Waals surface area contributed by atoms with Crippen molar-refractivity contribution >= 4 is 5.91 Å². The fourth-order valence-corrected chi connectivity index (χ4v) is 2.90. The molecule has 1 rings (SSSR count). The lowest BCUT2D eigenvalue weighted by Gasteiger charge is -2.39. The van der Waals surface area contributed by atoms with Gasteiger partial charge in [-0.05, 0) is 12.3 Å². The molecule has 0 radical (unpaired) electrons. The van der Waals surface area contributed by atoms with Gasteiger partial charge in [-0.1, -0.05) is 40.5 Å². The van der Waals surface area contributed by atoms with Crippen molar-refractivity contribution in [3.05, 3.63) is 0 Å². The Labute approximate surface area is 124 Å². The van der Waals surface area contributed by atoms with E-state index >= 15 is 0 Å². The van der Waals surface area contributed by atoms with Crippen LogP contribution in [0.1, 0.15) is 47.0 Å². The summed E-state index contributed by atoms with van der Waals surface area (Å²) in [5, 5.41) is 3.16. The van der Waals surface area contributed by atoms with Crippen LogP contribution >= 0.6 is 0 Å². The summed E-state index contributed by atoms with van der Waals surface area (Å²) < 4.78 is 5.45. The van der Waals surface area contributed by atoms with E-state index in [1.807, 2.05) is 6.92 Å². The van der Waals surface area contributed by atoms with E-state index in [1.54, 1.807) is 0 Å². The molecule has 2 atom stereocenters. The van der Waals surface area contributed by atoms with Crippen molar-refractivity contribution in [3.8, 4) is 0 Å². The molecular formula is C16H32N2O2. The van der Waals surface area contributed by atoms with Gasteiger partial charge >= 0.3 is 0 Å². The summed E-state index contributed by atoms with van der Waals surface area (Å²) in [6.07, 6.45) is 3.23. The molecule has 20 heavy (non-hydrogen) atoms. The van der Waals surface area contributed by atoms with E-state index < -0.39 is 0 Å². The van der Waals surface area contributed by atoms with E-state index in [9.17, 15) is 4.79 Å². The van der Waals surface area contributed by atoms with E-state index in [2.05, 4.69) is 31.0 Å². The molecule has 1 saturated heterocycles. The van der Waals surface area contributed by atoms with Crippen LogP contribution in [0, 0.1) is 11.8 Å². The van der Waals surface area contributed by atoms with E-state index in [-0.39, 0.29) is 11.8 Å². The molecule has 0 bridgehead atoms. The predicted molar refractivity (Wildman–Crippen MR) is 82.7 cm³/mol. The first-order chi connectivity index (χ1) is 9.63. The molecule has 1 aliphatic heterocycles. The van der Waals surface area contributed by atoms with Crippen LogP contribution in [0.15, 0.2) is 0 Å². The largest absolute Gasteiger partial charge is 0.379 e. The molecular weight excluding hydrogens is 252 g/mol. The van der Waals surface area contributed by atoms with Crippen LogP contribution in [0.25, 0.3) is 0 Å². The normalized spacial score (nSPS) is 19.9. The summed E-state index contributed by atoms with van der Waals surface area (Å²) in [5.41, 5.74) is 0. The van der Waals surface area contributed by atoms with Crippen LogP contribution < -0.4 is 5.32 Å². The highest BCUT2D eigenvalue weighted by molar-refractivity contribution is 5.78. The Kier molecular flexibility index (Phi) is 8.15. The zero-order valence-corrected chi connectivity index (χ0v) is 13.7. The summed E-state index contributed by atoms with van der Waals surface area (Å²) in [7, 11) is 0. The van der Waals surface area contributed by atoms with Crippen molar-refractivity contribution in [2.45, 2.75) is 53.0 Å². The zero-order chi connectivity index (χ0) is 15.0. The summed E-state index contributed by atoms with van der Waals surface area (Å²) in [6.45, 7) is 12.9. The Bertz CT molecular complexity index is 274. The summed E-state index contributed by atoms with van der Waals surface area (Å²) in [6, 6.07) is 0.446. The molecule has 1 aliphatic rings. The molecule has 1 N–H and O–H groups in total. The molecule has 4 nitrogen and oxygen atoms in total. The number of rotatable bonds is 8. The van der Waals surface area contributed by atoms with E-state index in [0.717, 1.165) is 52.1 Å². The Balaban J connectivity index is 2.59. The summed E-state index contributed by atoms with van der Waals surface area (Å²) in [4.78, 5) is 14.5. The molecule has 0 saturated carbocycles. The number of ether oxygens (including phenoxy) is 1. The highest BCUT2D eigenvalue weighted by Crippen LogP contribution is 2.19. The molecule has 1 fully saturated rings. The van der Waals surface area contributed by atoms with Gasteiger partial charge in [0.05, 0.1) is 13.2 Å². The molecule has 1 amide bonds. The number of carbonyl (C=O) groups is 1. The minimum absolute atomic E-state index is 0.113. The standard InChI is InChI=1S/C16H32N2O2/c1-5-13(4)16(19)17-12-15(14(6-2)7-3)18-8-10-20-11-9-18/h13-15H,5-12H2,1-4H3,(H,17,19). The lowest BCUT2D eigenvalue weighted by molar-refractivity contribution is -0.125. The van der Waals surface area contributed by atoms with Crippen LogP contribution in [0.3, 0.4) is 0 Å². The number of amides is 1. The topological polar surface area (TPSA) is 41.6 Å². The van der Waals surface area contributed by atoms with E-state index in [1.165, 1.54) is 0 Å². The first-order valence-corrected chi connectivity index (χ1v) is 8.23. The maximum absolute atomic E-state index is 12.0. The Morgan fingerprint density at radius 2 is 1.75 bits per heavy atom. The Morgan fingerprint density at radius 3 is 2.25 bits per heavy atom. The Hall–Kier alpha value is -0.610. The van der Waals surface area contributed by atoms with Gasteiger partial charge in [0.1, 0.15) is 0 Å². The van der Waals surface area contributed by atoms with Crippen molar-refractivity contribution in [2.75, 3.05) is 32.8 Å². The van der Waals surface area contributed by atoms with Crippen LogP contribution in [0.5, 0.6) is 0 Å². The lowest BCUT2D eigenvalue weighted by Crippen LogP contribution is -2.52. The first kappa shape index (κ1) is 17.4. The maximum Gasteiger partial charge on any atom is 0.222 e. The highest BCUT2D eigenvalue weighted by Gasteiger charge is 2.27. The van der Waals surface area contributed by atoms with Gasteiger partial charge in [0.15, 0.2) is 0 Å². The first-order valence-electron chi connectivity index (χ1n) is 8.23. The zero-order valence-electron chi connectivity index (χ0n) is 13.7. The molecule has 0 aliphatic carbocycles. The van der Waals surface area contributed by atoms with Gasteiger partial charge in [-0.25, -0.2) is 0 Å². The quantitative estimate of drug-likeness (QED) is 0.743. The number of hydrogen-bond donors (Lipinski definition) is 1. The number of morpholine rings is 1. The van der Waals surface area contributed by atoms with Gasteiger partial charge in [-0.2, -0.15) is 0 Å². The van der Waals surface area contributed by atoms with Crippen molar-refractivity contribution in [2.24, 2.45) is 11.8 Å². The average molecular weight is 284 g/mol. The van der Waals surface area contributed by atoms with Crippen LogP contribution in [0.2, 0.25) is 0 Å².